The minimum atomic E-state index is -4.71. The van der Waals surface area contributed by atoms with Crippen molar-refractivity contribution in [1.82, 2.24) is 10.2 Å². The van der Waals surface area contributed by atoms with Crippen molar-refractivity contribution in [1.29, 1.82) is 0 Å². The van der Waals surface area contributed by atoms with Crippen LogP contribution in [0.3, 0.4) is 0 Å². The molecule has 1 heterocycles. The van der Waals surface area contributed by atoms with E-state index >= 15 is 0 Å². The quantitative estimate of drug-likeness (QED) is 0.528. The van der Waals surface area contributed by atoms with Crippen LogP contribution in [-0.2, 0) is 0 Å². The number of hydrogen-bond donors (Lipinski definition) is 1. The third-order valence-electron chi connectivity index (χ3n) is 3.31. The zero-order chi connectivity index (χ0) is 15.6. The number of non-ortho nitro benzene ring substituents is 1. The molecule has 0 aromatic heterocycles. The highest BCUT2D eigenvalue weighted by Gasteiger charge is 2.46. The van der Waals surface area contributed by atoms with Gasteiger partial charge in [0.25, 0.3) is 5.69 Å². The van der Waals surface area contributed by atoms with E-state index in [-0.39, 0.29) is 13.1 Å². The Morgan fingerprint density at radius 3 is 2.43 bits per heavy atom. The maximum absolute atomic E-state index is 13.8. The van der Waals surface area contributed by atoms with Crippen LogP contribution in [0.2, 0.25) is 0 Å². The fourth-order valence-electron chi connectivity index (χ4n) is 2.37. The van der Waals surface area contributed by atoms with Gasteiger partial charge in [0, 0.05) is 43.9 Å². The van der Waals surface area contributed by atoms with E-state index in [0.717, 1.165) is 11.0 Å². The summed E-state index contributed by atoms with van der Waals surface area (Å²) in [4.78, 5) is 10.9. The molecule has 2 rings (SSSR count). The van der Waals surface area contributed by atoms with Crippen LogP contribution in [0.25, 0.3) is 0 Å². The van der Waals surface area contributed by atoms with E-state index in [4.69, 9.17) is 0 Å². The summed E-state index contributed by atoms with van der Waals surface area (Å²) < 4.78 is 53.7. The number of benzene rings is 1. The molecule has 0 unspecified atom stereocenters. The predicted octanol–water partition coefficient (Wildman–Crippen LogP) is 2.24. The highest BCUT2D eigenvalue weighted by Crippen LogP contribution is 2.39. The summed E-state index contributed by atoms with van der Waals surface area (Å²) in [6, 6.07) is 0.0352. The van der Waals surface area contributed by atoms with Crippen LogP contribution >= 0.6 is 0 Å². The smallest absolute Gasteiger partial charge is 0.314 e. The molecule has 1 aromatic rings. The highest BCUT2D eigenvalue weighted by molar-refractivity contribution is 5.37. The second-order valence-electron chi connectivity index (χ2n) is 4.69. The summed E-state index contributed by atoms with van der Waals surface area (Å²) in [7, 11) is 0. The van der Waals surface area contributed by atoms with Crippen molar-refractivity contribution in [2.45, 2.75) is 12.2 Å². The van der Waals surface area contributed by atoms with Gasteiger partial charge < -0.3 is 5.32 Å². The van der Waals surface area contributed by atoms with Crippen LogP contribution < -0.4 is 5.32 Å². The second-order valence-corrected chi connectivity index (χ2v) is 4.69. The second kappa shape index (κ2) is 5.94. The van der Waals surface area contributed by atoms with Gasteiger partial charge >= 0.3 is 6.18 Å². The van der Waals surface area contributed by atoms with Crippen LogP contribution in [0, 0.1) is 15.9 Å². The van der Waals surface area contributed by atoms with Gasteiger partial charge in [-0.25, -0.2) is 4.39 Å². The molecule has 0 saturated carbocycles. The lowest BCUT2D eigenvalue weighted by atomic mass is 10.0. The first-order valence-electron chi connectivity index (χ1n) is 6.26. The summed E-state index contributed by atoms with van der Waals surface area (Å²) in [5.41, 5.74) is -1.27. The SMILES string of the molecule is O=[N+]([O-])c1ccc(F)c([C@@H](N2CCNCC2)C(F)(F)F)c1. The zero-order valence-electron chi connectivity index (χ0n) is 10.9. The third kappa shape index (κ3) is 3.48. The van der Waals surface area contributed by atoms with E-state index in [2.05, 4.69) is 5.32 Å². The van der Waals surface area contributed by atoms with E-state index in [1.54, 1.807) is 0 Å². The normalized spacial score (nSPS) is 18.5. The van der Waals surface area contributed by atoms with Crippen molar-refractivity contribution in [3.63, 3.8) is 0 Å². The number of hydrogen-bond acceptors (Lipinski definition) is 4. The molecule has 1 saturated heterocycles. The van der Waals surface area contributed by atoms with Crippen molar-refractivity contribution < 1.29 is 22.5 Å². The average molecular weight is 307 g/mol. The van der Waals surface area contributed by atoms with Gasteiger partial charge in [-0.05, 0) is 6.07 Å². The van der Waals surface area contributed by atoms with Crippen molar-refractivity contribution in [2.24, 2.45) is 0 Å². The Kier molecular flexibility index (Phi) is 4.43. The molecule has 1 aromatic carbocycles. The minimum Gasteiger partial charge on any atom is -0.314 e. The number of piperazine rings is 1. The lowest BCUT2D eigenvalue weighted by Crippen LogP contribution is -2.49. The van der Waals surface area contributed by atoms with E-state index in [1.807, 2.05) is 0 Å². The van der Waals surface area contributed by atoms with Crippen molar-refractivity contribution in [3.05, 3.63) is 39.7 Å². The summed E-state index contributed by atoms with van der Waals surface area (Å²) in [5, 5.41) is 13.6. The Morgan fingerprint density at radius 2 is 1.90 bits per heavy atom. The molecule has 1 fully saturated rings. The van der Waals surface area contributed by atoms with Crippen LogP contribution in [-0.4, -0.2) is 42.2 Å². The van der Waals surface area contributed by atoms with Crippen molar-refractivity contribution in [2.75, 3.05) is 26.2 Å². The molecule has 0 aliphatic carbocycles. The van der Waals surface area contributed by atoms with Crippen molar-refractivity contribution >= 4 is 5.69 Å². The Hall–Kier alpha value is -1.74. The fourth-order valence-corrected chi connectivity index (χ4v) is 2.37. The van der Waals surface area contributed by atoms with Gasteiger partial charge in [-0.2, -0.15) is 13.2 Å². The van der Waals surface area contributed by atoms with E-state index in [1.165, 1.54) is 0 Å². The highest BCUT2D eigenvalue weighted by atomic mass is 19.4. The standard InChI is InChI=1S/C12H13F4N3O2/c13-10-2-1-8(19(20)21)7-9(10)11(12(14,15)16)18-5-3-17-4-6-18/h1-2,7,11,17H,3-6H2/t11-/m1/s1. The number of alkyl halides is 3. The molecular weight excluding hydrogens is 294 g/mol. The average Bonchev–Trinajstić information content (AvgIpc) is 2.40. The monoisotopic (exact) mass is 307 g/mol. The molecule has 1 aliphatic rings. The molecule has 21 heavy (non-hydrogen) atoms. The molecule has 0 amide bonds. The van der Waals surface area contributed by atoms with Crippen LogP contribution in [0.1, 0.15) is 11.6 Å². The Balaban J connectivity index is 2.45. The van der Waals surface area contributed by atoms with Gasteiger partial charge in [0.05, 0.1) is 4.92 Å². The Bertz CT molecular complexity index is 530. The van der Waals surface area contributed by atoms with Crippen LogP contribution in [0.15, 0.2) is 18.2 Å². The Labute approximate surface area is 117 Å². The lowest BCUT2D eigenvalue weighted by Gasteiger charge is -2.36. The van der Waals surface area contributed by atoms with Gasteiger partial charge in [-0.1, -0.05) is 0 Å². The van der Waals surface area contributed by atoms with E-state index < -0.39 is 34.2 Å². The maximum atomic E-state index is 13.8. The van der Waals surface area contributed by atoms with Gasteiger partial charge in [-0.15, -0.1) is 0 Å². The molecule has 1 N–H and O–H groups in total. The largest absolute Gasteiger partial charge is 0.408 e. The minimum absolute atomic E-state index is 0.0896. The summed E-state index contributed by atoms with van der Waals surface area (Å²) in [6.07, 6.45) is -4.71. The van der Waals surface area contributed by atoms with Gasteiger partial charge in [-0.3, -0.25) is 15.0 Å². The number of rotatable bonds is 3. The molecule has 9 heteroatoms. The van der Waals surface area contributed by atoms with E-state index in [0.29, 0.717) is 25.2 Å². The first kappa shape index (κ1) is 15.6. The summed E-state index contributed by atoms with van der Waals surface area (Å²) in [6.45, 7) is 0.880. The molecular formula is C12H13F4N3O2. The zero-order valence-corrected chi connectivity index (χ0v) is 10.9. The fraction of sp³-hybridized carbons (Fsp3) is 0.500. The molecule has 1 atom stereocenters. The van der Waals surface area contributed by atoms with Crippen molar-refractivity contribution in [3.8, 4) is 0 Å². The molecule has 5 nitrogen and oxygen atoms in total. The molecule has 116 valence electrons. The molecule has 0 bridgehead atoms. The summed E-state index contributed by atoms with van der Waals surface area (Å²) >= 11 is 0. The van der Waals surface area contributed by atoms with Gasteiger partial charge in [0.15, 0.2) is 0 Å². The first-order chi connectivity index (χ1) is 9.80. The first-order valence-corrected chi connectivity index (χ1v) is 6.26. The lowest BCUT2D eigenvalue weighted by molar-refractivity contribution is -0.385. The van der Waals surface area contributed by atoms with Crippen LogP contribution in [0.4, 0.5) is 23.2 Å². The number of nitrogens with zero attached hydrogens (tertiary/aromatic N) is 2. The Morgan fingerprint density at radius 1 is 1.29 bits per heavy atom. The molecule has 1 aliphatic heterocycles. The number of halogens is 4. The molecule has 0 radical (unpaired) electrons. The van der Waals surface area contributed by atoms with Crippen LogP contribution in [0.5, 0.6) is 0 Å². The summed E-state index contributed by atoms with van der Waals surface area (Å²) in [5.74, 6) is -1.10. The molecule has 0 spiro atoms. The van der Waals surface area contributed by atoms with E-state index in [9.17, 15) is 27.7 Å². The van der Waals surface area contributed by atoms with Gasteiger partial charge in [0.1, 0.15) is 11.9 Å². The topological polar surface area (TPSA) is 58.4 Å². The number of nitrogens with one attached hydrogen (secondary N) is 1. The number of nitro groups is 1. The predicted molar refractivity (Wildman–Crippen MR) is 66.3 cm³/mol. The maximum Gasteiger partial charge on any atom is 0.408 e. The van der Waals surface area contributed by atoms with Gasteiger partial charge in [0.2, 0.25) is 0 Å². The third-order valence-corrected chi connectivity index (χ3v) is 3.31. The number of nitro benzene ring substituents is 1.